The highest BCUT2D eigenvalue weighted by molar-refractivity contribution is 5.23. The lowest BCUT2D eigenvalue weighted by atomic mass is 10.1. The third-order valence-corrected chi connectivity index (χ3v) is 2.16. The zero-order valence-electron chi connectivity index (χ0n) is 6.83. The van der Waals surface area contributed by atoms with E-state index in [-0.39, 0.29) is 0 Å². The van der Waals surface area contributed by atoms with Crippen LogP contribution in [0.2, 0.25) is 0 Å². The summed E-state index contributed by atoms with van der Waals surface area (Å²) in [4.78, 5) is 4.02. The third-order valence-electron chi connectivity index (χ3n) is 2.16. The van der Waals surface area contributed by atoms with Gasteiger partial charge in [-0.05, 0) is 36.8 Å². The molecule has 0 spiro atoms. The Morgan fingerprint density at radius 1 is 1.50 bits per heavy atom. The van der Waals surface area contributed by atoms with Crippen LogP contribution in [0.5, 0.6) is 0 Å². The zero-order chi connectivity index (χ0) is 8.39. The summed E-state index contributed by atoms with van der Waals surface area (Å²) >= 11 is 0. The molecule has 60 valence electrons. The fraction of sp³-hybridized carbons (Fsp3) is 0.400. The van der Waals surface area contributed by atoms with Gasteiger partial charge in [0.05, 0.1) is 0 Å². The van der Waals surface area contributed by atoms with Gasteiger partial charge in [0.1, 0.15) is 11.8 Å². The van der Waals surface area contributed by atoms with Crippen molar-refractivity contribution in [3.8, 4) is 6.07 Å². The molecule has 1 aliphatic carbocycles. The van der Waals surface area contributed by atoms with Gasteiger partial charge >= 0.3 is 0 Å². The highest BCUT2D eigenvalue weighted by Crippen LogP contribution is 2.32. The fourth-order valence-electron chi connectivity index (χ4n) is 1.27. The van der Waals surface area contributed by atoms with Crippen molar-refractivity contribution in [2.24, 2.45) is 5.92 Å². The number of pyridine rings is 1. The van der Waals surface area contributed by atoms with Gasteiger partial charge in [-0.2, -0.15) is 5.26 Å². The first-order valence-electron chi connectivity index (χ1n) is 4.23. The minimum atomic E-state index is 0.509. The Bertz CT molecular complexity index is 304. The molecule has 0 N–H and O–H groups in total. The number of nitriles is 1. The van der Waals surface area contributed by atoms with E-state index in [4.69, 9.17) is 5.26 Å². The number of rotatable bonds is 2. The van der Waals surface area contributed by atoms with Crippen LogP contribution < -0.4 is 0 Å². The third kappa shape index (κ3) is 1.62. The quantitative estimate of drug-likeness (QED) is 0.659. The molecule has 1 saturated carbocycles. The maximum atomic E-state index is 8.51. The summed E-state index contributed by atoms with van der Waals surface area (Å²) < 4.78 is 0. The van der Waals surface area contributed by atoms with Crippen molar-refractivity contribution in [1.29, 1.82) is 5.26 Å². The zero-order valence-corrected chi connectivity index (χ0v) is 6.83. The molecule has 2 rings (SSSR count). The van der Waals surface area contributed by atoms with Crippen molar-refractivity contribution < 1.29 is 0 Å². The summed E-state index contributed by atoms with van der Waals surface area (Å²) in [6, 6.07) is 5.81. The first-order valence-corrected chi connectivity index (χ1v) is 4.23. The van der Waals surface area contributed by atoms with E-state index in [1.807, 2.05) is 18.3 Å². The second-order valence-electron chi connectivity index (χ2n) is 3.31. The van der Waals surface area contributed by atoms with Crippen molar-refractivity contribution in [3.05, 3.63) is 29.6 Å². The topological polar surface area (TPSA) is 36.7 Å². The smallest absolute Gasteiger partial charge is 0.140 e. The minimum absolute atomic E-state index is 0.509. The van der Waals surface area contributed by atoms with E-state index >= 15 is 0 Å². The largest absolute Gasteiger partial charge is 0.245 e. The molecular formula is C10H10N2. The lowest BCUT2D eigenvalue weighted by Crippen LogP contribution is -1.89. The molecule has 2 nitrogen and oxygen atoms in total. The van der Waals surface area contributed by atoms with Gasteiger partial charge in [0.2, 0.25) is 0 Å². The Morgan fingerprint density at radius 2 is 2.33 bits per heavy atom. The Kier molecular flexibility index (Phi) is 1.79. The van der Waals surface area contributed by atoms with Crippen LogP contribution in [0.15, 0.2) is 18.3 Å². The van der Waals surface area contributed by atoms with Crippen LogP contribution in [-0.4, -0.2) is 4.98 Å². The summed E-state index contributed by atoms with van der Waals surface area (Å²) in [6.45, 7) is 0. The monoisotopic (exact) mass is 158 g/mol. The van der Waals surface area contributed by atoms with E-state index in [1.165, 1.54) is 18.4 Å². The Morgan fingerprint density at radius 3 is 2.83 bits per heavy atom. The van der Waals surface area contributed by atoms with Crippen molar-refractivity contribution >= 4 is 0 Å². The number of hydrogen-bond acceptors (Lipinski definition) is 2. The fourth-order valence-corrected chi connectivity index (χ4v) is 1.27. The second-order valence-corrected chi connectivity index (χ2v) is 3.31. The predicted molar refractivity (Wildman–Crippen MR) is 45.4 cm³/mol. The van der Waals surface area contributed by atoms with Crippen LogP contribution in [0, 0.1) is 17.2 Å². The SMILES string of the molecule is N#Cc1ccc(CC2CC2)cn1. The van der Waals surface area contributed by atoms with E-state index in [2.05, 4.69) is 4.98 Å². The van der Waals surface area contributed by atoms with Crippen LogP contribution in [-0.2, 0) is 6.42 Å². The van der Waals surface area contributed by atoms with Gasteiger partial charge in [0, 0.05) is 6.20 Å². The van der Waals surface area contributed by atoms with E-state index in [0.717, 1.165) is 12.3 Å². The molecule has 1 aliphatic rings. The molecule has 1 aromatic rings. The van der Waals surface area contributed by atoms with Crippen molar-refractivity contribution in [2.45, 2.75) is 19.3 Å². The molecule has 0 bridgehead atoms. The summed E-state index contributed by atoms with van der Waals surface area (Å²) in [5.74, 6) is 0.889. The van der Waals surface area contributed by atoms with Gasteiger partial charge < -0.3 is 0 Å². The van der Waals surface area contributed by atoms with Gasteiger partial charge in [-0.25, -0.2) is 4.98 Å². The summed E-state index contributed by atoms with van der Waals surface area (Å²) in [5.41, 5.74) is 1.77. The first kappa shape index (κ1) is 7.30. The average Bonchev–Trinajstić information content (AvgIpc) is 2.90. The molecule has 0 aromatic carbocycles. The second kappa shape index (κ2) is 2.94. The standard InChI is InChI=1S/C10H10N2/c11-6-10-4-3-9(7-12-10)5-8-1-2-8/h3-4,7-8H,1-2,5H2. The Hall–Kier alpha value is -1.36. The van der Waals surface area contributed by atoms with E-state index in [9.17, 15) is 0 Å². The highest BCUT2D eigenvalue weighted by atomic mass is 14.7. The molecule has 0 radical (unpaired) electrons. The summed E-state index contributed by atoms with van der Waals surface area (Å²) in [6.07, 6.45) is 5.68. The van der Waals surface area contributed by atoms with Crippen LogP contribution >= 0.6 is 0 Å². The normalized spacial score (nSPS) is 15.6. The van der Waals surface area contributed by atoms with Crippen LogP contribution in [0.1, 0.15) is 24.1 Å². The van der Waals surface area contributed by atoms with E-state index < -0.39 is 0 Å². The maximum Gasteiger partial charge on any atom is 0.140 e. The minimum Gasteiger partial charge on any atom is -0.245 e. The molecule has 1 fully saturated rings. The predicted octanol–water partition coefficient (Wildman–Crippen LogP) is 1.91. The van der Waals surface area contributed by atoms with Crippen LogP contribution in [0.4, 0.5) is 0 Å². The van der Waals surface area contributed by atoms with Gasteiger partial charge in [-0.1, -0.05) is 6.07 Å². The molecule has 1 heterocycles. The molecule has 2 heteroatoms. The average molecular weight is 158 g/mol. The molecule has 0 saturated heterocycles. The van der Waals surface area contributed by atoms with Crippen molar-refractivity contribution in [3.63, 3.8) is 0 Å². The van der Waals surface area contributed by atoms with Gasteiger partial charge in [0.15, 0.2) is 0 Å². The molecule has 0 aliphatic heterocycles. The Labute approximate surface area is 71.9 Å². The Balaban J connectivity index is 2.08. The number of aromatic nitrogens is 1. The summed E-state index contributed by atoms with van der Waals surface area (Å²) in [7, 11) is 0. The first-order chi connectivity index (χ1) is 5.88. The molecular weight excluding hydrogens is 148 g/mol. The van der Waals surface area contributed by atoms with Gasteiger partial charge in [0.25, 0.3) is 0 Å². The van der Waals surface area contributed by atoms with Crippen LogP contribution in [0.25, 0.3) is 0 Å². The number of nitrogens with zero attached hydrogens (tertiary/aromatic N) is 2. The molecule has 0 atom stereocenters. The molecule has 1 aromatic heterocycles. The van der Waals surface area contributed by atoms with E-state index in [1.54, 1.807) is 6.07 Å². The molecule has 12 heavy (non-hydrogen) atoms. The highest BCUT2D eigenvalue weighted by Gasteiger charge is 2.21. The van der Waals surface area contributed by atoms with Crippen LogP contribution in [0.3, 0.4) is 0 Å². The van der Waals surface area contributed by atoms with E-state index in [0.29, 0.717) is 5.69 Å². The van der Waals surface area contributed by atoms with Crippen molar-refractivity contribution in [1.82, 2.24) is 4.98 Å². The van der Waals surface area contributed by atoms with Gasteiger partial charge in [-0.15, -0.1) is 0 Å². The molecule has 0 amide bonds. The summed E-state index contributed by atoms with van der Waals surface area (Å²) in [5, 5.41) is 8.51. The lowest BCUT2D eigenvalue weighted by molar-refractivity contribution is 0.827. The maximum absolute atomic E-state index is 8.51. The van der Waals surface area contributed by atoms with Gasteiger partial charge in [-0.3, -0.25) is 0 Å². The molecule has 0 unspecified atom stereocenters. The lowest BCUT2D eigenvalue weighted by Gasteiger charge is -1.96. The number of hydrogen-bond donors (Lipinski definition) is 0. The van der Waals surface area contributed by atoms with Crippen molar-refractivity contribution in [2.75, 3.05) is 0 Å².